The number of thiophene rings is 1. The highest BCUT2D eigenvalue weighted by molar-refractivity contribution is 7.97. The number of rotatable bonds is 6. The predicted molar refractivity (Wildman–Crippen MR) is 126 cm³/mol. The van der Waals surface area contributed by atoms with Crippen molar-refractivity contribution in [3.63, 3.8) is 0 Å². The lowest BCUT2D eigenvalue weighted by Crippen LogP contribution is -2.28. The van der Waals surface area contributed by atoms with E-state index in [0.29, 0.717) is 18.0 Å². The van der Waals surface area contributed by atoms with E-state index in [9.17, 15) is 9.90 Å². The minimum Gasteiger partial charge on any atom is -0.391 e. The molecule has 1 atom stereocenters. The molecule has 1 unspecified atom stereocenters. The van der Waals surface area contributed by atoms with E-state index in [0.717, 1.165) is 53.8 Å². The Balaban J connectivity index is 1.22. The highest BCUT2D eigenvalue weighted by Crippen LogP contribution is 2.34. The molecule has 2 N–H and O–H groups in total. The molecule has 32 heavy (non-hydrogen) atoms. The van der Waals surface area contributed by atoms with Crippen LogP contribution in [-0.2, 0) is 19.6 Å². The van der Waals surface area contributed by atoms with Gasteiger partial charge in [0.25, 0.3) is 5.91 Å². The van der Waals surface area contributed by atoms with Crippen molar-refractivity contribution >= 4 is 35.0 Å². The zero-order valence-electron chi connectivity index (χ0n) is 17.9. The van der Waals surface area contributed by atoms with Crippen LogP contribution in [-0.4, -0.2) is 55.8 Å². The Hall–Kier alpha value is -2.40. The number of carbonyl (C=O) groups excluding carboxylic acids is 1. The van der Waals surface area contributed by atoms with Gasteiger partial charge in [-0.05, 0) is 43.5 Å². The summed E-state index contributed by atoms with van der Waals surface area (Å²) in [5.74, 6) is 0.769. The van der Waals surface area contributed by atoms with Crippen molar-refractivity contribution < 1.29 is 9.90 Å². The first-order valence-electron chi connectivity index (χ1n) is 10.8. The van der Waals surface area contributed by atoms with Gasteiger partial charge in [0.2, 0.25) is 0 Å². The number of aliphatic hydroxyl groups is 1. The summed E-state index contributed by atoms with van der Waals surface area (Å²) in [7, 11) is 0. The van der Waals surface area contributed by atoms with E-state index in [2.05, 4.69) is 37.6 Å². The van der Waals surface area contributed by atoms with Gasteiger partial charge >= 0.3 is 0 Å². The van der Waals surface area contributed by atoms with E-state index in [4.69, 9.17) is 0 Å². The van der Waals surface area contributed by atoms with Gasteiger partial charge in [-0.1, -0.05) is 6.07 Å². The smallest absolute Gasteiger partial charge is 0.261 e. The average Bonchev–Trinajstić information content (AvgIpc) is 3.52. The highest BCUT2D eigenvalue weighted by Gasteiger charge is 2.24. The van der Waals surface area contributed by atoms with Crippen molar-refractivity contribution in [2.24, 2.45) is 0 Å². The summed E-state index contributed by atoms with van der Waals surface area (Å²) in [5, 5.41) is 17.2. The van der Waals surface area contributed by atoms with E-state index in [-0.39, 0.29) is 12.0 Å². The third-order valence-electron chi connectivity index (χ3n) is 5.80. The lowest BCUT2D eigenvalue weighted by molar-refractivity contribution is 0.0955. The Labute approximate surface area is 195 Å². The number of hydrogen-bond donors (Lipinski definition) is 2. The van der Waals surface area contributed by atoms with Crippen molar-refractivity contribution in [3.8, 4) is 0 Å². The molecule has 0 aromatic carbocycles. The molecule has 0 bridgehead atoms. The molecular formula is C22H26N6O2S2. The Morgan fingerprint density at radius 2 is 2.22 bits per heavy atom. The van der Waals surface area contributed by atoms with Crippen LogP contribution >= 0.6 is 23.3 Å². The number of aliphatic hydroxyl groups excluding tert-OH is 1. The molecule has 3 aromatic heterocycles. The van der Waals surface area contributed by atoms with Crippen molar-refractivity contribution in [3.05, 3.63) is 57.7 Å². The minimum atomic E-state index is -0.315. The van der Waals surface area contributed by atoms with Crippen LogP contribution in [0.4, 0.5) is 5.82 Å². The number of anilines is 1. The number of carbonyl (C=O) groups is 1. The van der Waals surface area contributed by atoms with E-state index in [1.807, 2.05) is 29.1 Å². The van der Waals surface area contributed by atoms with E-state index >= 15 is 0 Å². The number of amides is 1. The highest BCUT2D eigenvalue weighted by atomic mass is 32.2. The molecule has 0 radical (unpaired) electrons. The minimum absolute atomic E-state index is 0.0714. The van der Waals surface area contributed by atoms with Gasteiger partial charge in [0.1, 0.15) is 5.82 Å². The van der Waals surface area contributed by atoms with Gasteiger partial charge in [-0.15, -0.1) is 11.3 Å². The zero-order valence-corrected chi connectivity index (χ0v) is 19.5. The van der Waals surface area contributed by atoms with E-state index in [1.165, 1.54) is 17.0 Å². The number of β-amino-alcohol motifs (C(OH)–C–C–N with tert-alkyl or cyclic N) is 1. The molecule has 0 spiro atoms. The molecule has 3 aromatic rings. The molecule has 5 heterocycles. The first-order valence-corrected chi connectivity index (χ1v) is 12.3. The Kier molecular flexibility index (Phi) is 6.18. The molecule has 0 saturated carbocycles. The largest absolute Gasteiger partial charge is 0.391 e. The quantitative estimate of drug-likeness (QED) is 0.536. The molecular weight excluding hydrogens is 444 g/mol. The predicted octanol–water partition coefficient (Wildman–Crippen LogP) is 2.67. The van der Waals surface area contributed by atoms with Crippen LogP contribution in [0.5, 0.6) is 0 Å². The molecule has 1 fully saturated rings. The van der Waals surface area contributed by atoms with Crippen molar-refractivity contribution in [1.82, 2.24) is 24.4 Å². The molecule has 2 aliphatic heterocycles. The number of aromatic nitrogens is 3. The standard InChI is InChI=1S/C22H26N6O2S2/c1-15-19(32-27-9-10-28-17(13-27)4-7-25-28)11-20(31-15)22(30)24-12-16-3-2-6-23-21(16)26-8-5-18(29)14-26/h2-4,6-7,11,18,29H,5,8-10,12-14H2,1H3,(H,24,30). The fraction of sp³-hybridized carbons (Fsp3) is 0.409. The first kappa shape index (κ1) is 21.4. The third kappa shape index (κ3) is 4.54. The Morgan fingerprint density at radius 1 is 1.31 bits per heavy atom. The molecule has 168 valence electrons. The lowest BCUT2D eigenvalue weighted by atomic mass is 10.2. The van der Waals surface area contributed by atoms with Crippen LogP contribution in [0.15, 0.2) is 41.6 Å². The number of hydrogen-bond acceptors (Lipinski definition) is 8. The van der Waals surface area contributed by atoms with Gasteiger partial charge in [-0.25, -0.2) is 9.29 Å². The van der Waals surface area contributed by atoms with Gasteiger partial charge in [0, 0.05) is 53.9 Å². The number of nitrogens with one attached hydrogen (secondary N) is 1. The Morgan fingerprint density at radius 3 is 3.06 bits per heavy atom. The zero-order chi connectivity index (χ0) is 22.1. The van der Waals surface area contributed by atoms with Gasteiger partial charge in [-0.2, -0.15) is 5.10 Å². The monoisotopic (exact) mass is 470 g/mol. The summed E-state index contributed by atoms with van der Waals surface area (Å²) in [6, 6.07) is 7.91. The lowest BCUT2D eigenvalue weighted by Gasteiger charge is -2.26. The first-order chi connectivity index (χ1) is 15.6. The van der Waals surface area contributed by atoms with Crippen LogP contribution in [0.25, 0.3) is 0 Å². The topological polar surface area (TPSA) is 86.5 Å². The summed E-state index contributed by atoms with van der Waals surface area (Å²) < 4.78 is 4.37. The van der Waals surface area contributed by atoms with Crippen LogP contribution < -0.4 is 10.2 Å². The summed E-state index contributed by atoms with van der Waals surface area (Å²) >= 11 is 3.24. The fourth-order valence-corrected chi connectivity index (χ4v) is 6.19. The van der Waals surface area contributed by atoms with Crippen LogP contribution in [0.2, 0.25) is 0 Å². The molecule has 2 aliphatic rings. The number of fused-ring (bicyclic) bond motifs is 1. The number of aryl methyl sites for hydroxylation is 1. The summed E-state index contributed by atoms with van der Waals surface area (Å²) in [4.78, 5) is 22.4. The van der Waals surface area contributed by atoms with Crippen molar-refractivity contribution in [2.45, 2.75) is 44.0 Å². The van der Waals surface area contributed by atoms with Gasteiger partial charge in [0.05, 0.1) is 29.8 Å². The maximum Gasteiger partial charge on any atom is 0.261 e. The molecule has 1 saturated heterocycles. The molecule has 8 nitrogen and oxygen atoms in total. The van der Waals surface area contributed by atoms with Crippen molar-refractivity contribution in [2.75, 3.05) is 24.5 Å². The molecule has 1 amide bonds. The summed E-state index contributed by atoms with van der Waals surface area (Å²) in [6.07, 6.45) is 4.04. The maximum atomic E-state index is 12.9. The maximum absolute atomic E-state index is 12.9. The summed E-state index contributed by atoms with van der Waals surface area (Å²) in [5.41, 5.74) is 2.18. The van der Waals surface area contributed by atoms with Crippen LogP contribution in [0.3, 0.4) is 0 Å². The summed E-state index contributed by atoms with van der Waals surface area (Å²) in [6.45, 7) is 6.48. The van der Waals surface area contributed by atoms with E-state index < -0.39 is 0 Å². The molecule has 5 rings (SSSR count). The van der Waals surface area contributed by atoms with Gasteiger partial charge < -0.3 is 15.3 Å². The second-order valence-corrected chi connectivity index (χ2v) is 10.5. The van der Waals surface area contributed by atoms with Crippen LogP contribution in [0, 0.1) is 6.92 Å². The third-order valence-corrected chi connectivity index (χ3v) is 8.17. The normalized spacial score (nSPS) is 18.7. The van der Waals surface area contributed by atoms with Gasteiger partial charge in [0.15, 0.2) is 0 Å². The SMILES string of the molecule is Cc1sc(C(=O)NCc2cccnc2N2CCC(O)C2)cc1SN1CCn2nccc2C1. The molecule has 0 aliphatic carbocycles. The second kappa shape index (κ2) is 9.22. The molecule has 10 heteroatoms. The fourth-order valence-electron chi connectivity index (χ4n) is 4.10. The van der Waals surface area contributed by atoms with Crippen LogP contribution in [0.1, 0.15) is 32.2 Å². The van der Waals surface area contributed by atoms with E-state index in [1.54, 1.807) is 18.1 Å². The number of pyridine rings is 1. The van der Waals surface area contributed by atoms with Gasteiger partial charge in [-0.3, -0.25) is 9.48 Å². The Bertz CT molecular complexity index is 1110. The van der Waals surface area contributed by atoms with Crippen molar-refractivity contribution in [1.29, 1.82) is 0 Å². The number of nitrogens with zero attached hydrogens (tertiary/aromatic N) is 5. The average molecular weight is 471 g/mol. The second-order valence-electron chi connectivity index (χ2n) is 8.09.